The molecule has 0 aromatic heterocycles. The summed E-state index contributed by atoms with van der Waals surface area (Å²) in [5.41, 5.74) is 0. The summed E-state index contributed by atoms with van der Waals surface area (Å²) >= 11 is 0. The van der Waals surface area contributed by atoms with E-state index in [4.69, 9.17) is 9.47 Å². The normalized spacial score (nSPS) is 9.62. The summed E-state index contributed by atoms with van der Waals surface area (Å²) in [5, 5.41) is 0. The molecule has 0 atom stereocenters. The van der Waals surface area contributed by atoms with Crippen LogP contribution < -0.4 is 0 Å². The molecule has 0 aliphatic carbocycles. The molecule has 0 N–H and O–H groups in total. The van der Waals surface area contributed by atoms with Gasteiger partial charge < -0.3 is 9.47 Å². The summed E-state index contributed by atoms with van der Waals surface area (Å²) in [4.78, 5) is 23.3. The number of carbonyl (C=O) groups is 2. The van der Waals surface area contributed by atoms with E-state index in [0.29, 0.717) is 13.1 Å². The standard InChI is InChI=1S/C11H17NO4/c1-4-10(13)15-8-6-12(3)7-9-16-11(14)5-2/h4-5H,1-2,6-9H2,3H3. The Balaban J connectivity index is 3.47. The molecule has 0 spiro atoms. The van der Waals surface area contributed by atoms with Crippen molar-refractivity contribution in [3.05, 3.63) is 25.3 Å². The first-order valence-electron chi connectivity index (χ1n) is 4.87. The molecular formula is C11H17NO4. The highest BCUT2D eigenvalue weighted by Crippen LogP contribution is 1.87. The lowest BCUT2D eigenvalue weighted by molar-refractivity contribution is -0.138. The lowest BCUT2D eigenvalue weighted by atomic mass is 10.5. The molecule has 90 valence electrons. The molecule has 5 heteroatoms. The third-order valence-corrected chi connectivity index (χ3v) is 1.77. The Labute approximate surface area is 95.3 Å². The number of nitrogens with zero attached hydrogens (tertiary/aromatic N) is 1. The Bertz CT molecular complexity index is 237. The zero-order valence-corrected chi connectivity index (χ0v) is 9.48. The van der Waals surface area contributed by atoms with Crippen molar-refractivity contribution in [2.75, 3.05) is 33.4 Å². The highest BCUT2D eigenvalue weighted by molar-refractivity contribution is 5.81. The van der Waals surface area contributed by atoms with Crippen LogP contribution in [0.2, 0.25) is 0 Å². The van der Waals surface area contributed by atoms with Crippen molar-refractivity contribution in [3.8, 4) is 0 Å². The molecule has 0 amide bonds. The molecule has 16 heavy (non-hydrogen) atoms. The van der Waals surface area contributed by atoms with Gasteiger partial charge in [0.15, 0.2) is 0 Å². The van der Waals surface area contributed by atoms with Gasteiger partial charge in [-0.2, -0.15) is 0 Å². The van der Waals surface area contributed by atoms with Crippen molar-refractivity contribution >= 4 is 11.9 Å². The van der Waals surface area contributed by atoms with E-state index in [1.165, 1.54) is 0 Å². The zero-order valence-electron chi connectivity index (χ0n) is 9.48. The Kier molecular flexibility index (Phi) is 7.79. The largest absolute Gasteiger partial charge is 0.461 e. The molecule has 0 aromatic rings. The van der Waals surface area contributed by atoms with E-state index in [-0.39, 0.29) is 13.2 Å². The summed E-state index contributed by atoms with van der Waals surface area (Å²) < 4.78 is 9.58. The van der Waals surface area contributed by atoms with E-state index in [1.54, 1.807) is 0 Å². The topological polar surface area (TPSA) is 55.8 Å². The van der Waals surface area contributed by atoms with Crippen LogP contribution in [0, 0.1) is 0 Å². The molecule has 0 aliphatic heterocycles. The van der Waals surface area contributed by atoms with Crippen molar-refractivity contribution in [3.63, 3.8) is 0 Å². The van der Waals surface area contributed by atoms with Crippen LogP contribution in [0.5, 0.6) is 0 Å². The van der Waals surface area contributed by atoms with Crippen LogP contribution in [-0.2, 0) is 19.1 Å². The van der Waals surface area contributed by atoms with E-state index in [0.717, 1.165) is 12.2 Å². The maximum absolute atomic E-state index is 10.7. The van der Waals surface area contributed by atoms with Crippen molar-refractivity contribution in [2.45, 2.75) is 0 Å². The predicted octanol–water partition coefficient (Wildman–Crippen LogP) is 0.377. The smallest absolute Gasteiger partial charge is 0.330 e. The molecule has 0 fully saturated rings. The van der Waals surface area contributed by atoms with Crippen LogP contribution in [0.15, 0.2) is 25.3 Å². The van der Waals surface area contributed by atoms with Gasteiger partial charge >= 0.3 is 11.9 Å². The average molecular weight is 227 g/mol. The number of hydrogen-bond donors (Lipinski definition) is 0. The summed E-state index contributed by atoms with van der Waals surface area (Å²) in [5.74, 6) is -0.877. The maximum atomic E-state index is 10.7. The molecule has 0 unspecified atom stereocenters. The van der Waals surface area contributed by atoms with Gasteiger partial charge in [-0.15, -0.1) is 0 Å². The fourth-order valence-electron chi connectivity index (χ4n) is 0.834. The number of carbonyl (C=O) groups excluding carboxylic acids is 2. The molecule has 0 bridgehead atoms. The molecular weight excluding hydrogens is 210 g/mol. The number of ether oxygens (including phenoxy) is 2. The van der Waals surface area contributed by atoms with E-state index in [9.17, 15) is 9.59 Å². The third kappa shape index (κ3) is 7.75. The predicted molar refractivity (Wildman–Crippen MR) is 59.8 cm³/mol. The van der Waals surface area contributed by atoms with Crippen molar-refractivity contribution in [1.29, 1.82) is 0 Å². The van der Waals surface area contributed by atoms with Gasteiger partial charge in [0.25, 0.3) is 0 Å². The molecule has 0 saturated carbocycles. The van der Waals surface area contributed by atoms with Gasteiger partial charge in [-0.1, -0.05) is 13.2 Å². The van der Waals surface area contributed by atoms with Gasteiger partial charge in [-0.3, -0.25) is 4.90 Å². The lowest BCUT2D eigenvalue weighted by Gasteiger charge is -2.15. The SMILES string of the molecule is C=CC(=O)OCCN(C)CCOC(=O)C=C. The first-order valence-corrected chi connectivity index (χ1v) is 4.87. The summed E-state index contributed by atoms with van der Waals surface area (Å²) in [6.45, 7) is 8.29. The van der Waals surface area contributed by atoms with E-state index >= 15 is 0 Å². The number of hydrogen-bond acceptors (Lipinski definition) is 5. The van der Waals surface area contributed by atoms with Crippen LogP contribution in [0.25, 0.3) is 0 Å². The van der Waals surface area contributed by atoms with E-state index in [2.05, 4.69) is 13.2 Å². The minimum absolute atomic E-state index is 0.288. The molecule has 0 aromatic carbocycles. The number of rotatable bonds is 8. The van der Waals surface area contributed by atoms with Crippen LogP contribution >= 0.6 is 0 Å². The maximum Gasteiger partial charge on any atom is 0.330 e. The molecule has 0 saturated heterocycles. The first-order chi connectivity index (χ1) is 7.60. The quantitative estimate of drug-likeness (QED) is 0.443. The summed E-state index contributed by atoms with van der Waals surface area (Å²) in [7, 11) is 1.84. The summed E-state index contributed by atoms with van der Waals surface area (Å²) in [6.07, 6.45) is 2.23. The van der Waals surface area contributed by atoms with Crippen LogP contribution in [-0.4, -0.2) is 50.2 Å². The van der Waals surface area contributed by atoms with Crippen LogP contribution in [0.3, 0.4) is 0 Å². The Morgan fingerprint density at radius 3 is 1.75 bits per heavy atom. The zero-order chi connectivity index (χ0) is 12.4. The number of likely N-dealkylation sites (N-methyl/N-ethyl adjacent to an activating group) is 1. The van der Waals surface area contributed by atoms with Crippen LogP contribution in [0.4, 0.5) is 0 Å². The summed E-state index contributed by atoms with van der Waals surface area (Å²) in [6, 6.07) is 0. The van der Waals surface area contributed by atoms with Crippen molar-refractivity contribution in [2.24, 2.45) is 0 Å². The second-order valence-electron chi connectivity index (χ2n) is 3.05. The van der Waals surface area contributed by atoms with Gasteiger partial charge in [0.1, 0.15) is 13.2 Å². The fraction of sp³-hybridized carbons (Fsp3) is 0.455. The monoisotopic (exact) mass is 227 g/mol. The molecule has 5 nitrogen and oxygen atoms in total. The molecule has 0 aliphatic rings. The Morgan fingerprint density at radius 1 is 1.06 bits per heavy atom. The van der Waals surface area contributed by atoms with Gasteiger partial charge in [0, 0.05) is 25.2 Å². The van der Waals surface area contributed by atoms with E-state index < -0.39 is 11.9 Å². The van der Waals surface area contributed by atoms with Crippen LogP contribution in [0.1, 0.15) is 0 Å². The molecule has 0 heterocycles. The van der Waals surface area contributed by atoms with Gasteiger partial charge in [-0.05, 0) is 7.05 Å². The third-order valence-electron chi connectivity index (χ3n) is 1.77. The minimum atomic E-state index is -0.438. The second-order valence-corrected chi connectivity index (χ2v) is 3.05. The lowest BCUT2D eigenvalue weighted by Crippen LogP contribution is -2.28. The van der Waals surface area contributed by atoms with E-state index in [1.807, 2.05) is 11.9 Å². The highest BCUT2D eigenvalue weighted by Gasteiger charge is 2.02. The van der Waals surface area contributed by atoms with Gasteiger partial charge in [-0.25, -0.2) is 9.59 Å². The average Bonchev–Trinajstić information content (AvgIpc) is 2.28. The van der Waals surface area contributed by atoms with Crippen molar-refractivity contribution < 1.29 is 19.1 Å². The molecule has 0 rings (SSSR count). The second kappa shape index (κ2) is 8.67. The van der Waals surface area contributed by atoms with Gasteiger partial charge in [0.05, 0.1) is 0 Å². The highest BCUT2D eigenvalue weighted by atomic mass is 16.5. The van der Waals surface area contributed by atoms with Crippen molar-refractivity contribution in [1.82, 2.24) is 4.90 Å². The Hall–Kier alpha value is -1.62. The number of esters is 2. The van der Waals surface area contributed by atoms with Gasteiger partial charge in [0.2, 0.25) is 0 Å². The first kappa shape index (κ1) is 14.4. The Morgan fingerprint density at radius 2 is 1.44 bits per heavy atom. The fourth-order valence-corrected chi connectivity index (χ4v) is 0.834. The molecule has 0 radical (unpaired) electrons. The minimum Gasteiger partial charge on any atom is -0.461 e.